The molecule has 2 aromatic rings. The summed E-state index contributed by atoms with van der Waals surface area (Å²) in [5, 5.41) is 7.47. The van der Waals surface area contributed by atoms with E-state index in [-0.39, 0.29) is 36.7 Å². The van der Waals surface area contributed by atoms with Gasteiger partial charge in [-0.25, -0.2) is 14.6 Å². The van der Waals surface area contributed by atoms with E-state index in [0.717, 1.165) is 5.56 Å². The Labute approximate surface area is 202 Å². The van der Waals surface area contributed by atoms with Gasteiger partial charge in [-0.05, 0) is 39.8 Å². The third-order valence-corrected chi connectivity index (χ3v) is 4.98. The summed E-state index contributed by atoms with van der Waals surface area (Å²) < 4.78 is 20.7. The number of hydrogen-bond acceptors (Lipinski definition) is 10. The molecule has 0 aliphatic rings. The zero-order valence-electron chi connectivity index (χ0n) is 19.8. The van der Waals surface area contributed by atoms with Gasteiger partial charge in [0.1, 0.15) is 11.6 Å². The Morgan fingerprint density at radius 1 is 1.03 bits per heavy atom. The Balaban J connectivity index is 1.66. The van der Waals surface area contributed by atoms with Crippen molar-refractivity contribution < 1.29 is 33.3 Å². The van der Waals surface area contributed by atoms with Gasteiger partial charge in [0, 0.05) is 23.1 Å². The van der Waals surface area contributed by atoms with Gasteiger partial charge in [-0.3, -0.25) is 15.4 Å². The van der Waals surface area contributed by atoms with Crippen molar-refractivity contribution in [3.63, 3.8) is 0 Å². The summed E-state index contributed by atoms with van der Waals surface area (Å²) in [6, 6.07) is 6.48. The first-order valence-corrected chi connectivity index (χ1v) is 11.7. The lowest BCUT2D eigenvalue weighted by atomic mass is 10.1. The highest BCUT2D eigenvalue weighted by Crippen LogP contribution is 2.24. The highest BCUT2D eigenvalue weighted by Gasteiger charge is 2.15. The van der Waals surface area contributed by atoms with Crippen molar-refractivity contribution in [2.45, 2.75) is 33.3 Å². The Bertz CT molecular complexity index is 939. The molecule has 0 aliphatic carbocycles. The van der Waals surface area contributed by atoms with Gasteiger partial charge in [0.15, 0.2) is 5.69 Å². The maximum absolute atomic E-state index is 12.2. The number of alkyl carbamates (subject to hydrolysis) is 1. The first-order chi connectivity index (χ1) is 16.2. The molecule has 34 heavy (non-hydrogen) atoms. The minimum Gasteiger partial charge on any atom is -0.461 e. The lowest BCUT2D eigenvalue weighted by Crippen LogP contribution is -2.32. The highest BCUT2D eigenvalue weighted by molar-refractivity contribution is 7.13. The van der Waals surface area contributed by atoms with E-state index < -0.39 is 18.0 Å². The lowest BCUT2D eigenvalue weighted by molar-refractivity contribution is -0.0161. The number of amides is 2. The maximum atomic E-state index is 12.2. The van der Waals surface area contributed by atoms with Gasteiger partial charge in [0.2, 0.25) is 0 Å². The van der Waals surface area contributed by atoms with Gasteiger partial charge >= 0.3 is 12.1 Å². The summed E-state index contributed by atoms with van der Waals surface area (Å²) in [6.45, 7) is 9.60. The highest BCUT2D eigenvalue weighted by atomic mass is 32.1. The zero-order valence-corrected chi connectivity index (χ0v) is 20.7. The van der Waals surface area contributed by atoms with E-state index in [2.05, 4.69) is 15.6 Å². The fourth-order valence-electron chi connectivity index (χ4n) is 2.45. The lowest BCUT2D eigenvalue weighted by Gasteiger charge is -2.19. The average molecular weight is 494 g/mol. The second-order valence-corrected chi connectivity index (χ2v) is 8.80. The standard InChI is InChI=1S/C23H31N3O7S/c1-5-31-21(28)18-14-34-20(25-18)17-8-6-16(7-9-17)19(27)26-22(29)32-13-12-30-11-10-24-15-33-23(2,3)4/h6-9,14,24H,5,10-13,15H2,1-4H3,(H,26,27,29). The topological polar surface area (TPSA) is 125 Å². The molecule has 2 N–H and O–H groups in total. The number of nitrogens with one attached hydrogen (secondary N) is 2. The predicted molar refractivity (Wildman–Crippen MR) is 127 cm³/mol. The number of aromatic nitrogens is 1. The Morgan fingerprint density at radius 3 is 2.44 bits per heavy atom. The molecule has 0 spiro atoms. The molecule has 0 saturated heterocycles. The Kier molecular flexibility index (Phi) is 11.1. The van der Waals surface area contributed by atoms with Crippen LogP contribution in [-0.2, 0) is 18.9 Å². The van der Waals surface area contributed by atoms with Gasteiger partial charge in [-0.15, -0.1) is 11.3 Å². The SMILES string of the molecule is CCOC(=O)c1csc(-c2ccc(C(=O)NC(=O)OCCOCCNCOC(C)(C)C)cc2)n1. The summed E-state index contributed by atoms with van der Waals surface area (Å²) in [5.41, 5.74) is 1.05. The molecule has 1 heterocycles. The van der Waals surface area contributed by atoms with Crippen LogP contribution in [0, 0.1) is 0 Å². The summed E-state index contributed by atoms with van der Waals surface area (Å²) in [4.78, 5) is 40.0. The molecule has 0 radical (unpaired) electrons. The van der Waals surface area contributed by atoms with Crippen LogP contribution in [0.3, 0.4) is 0 Å². The summed E-state index contributed by atoms with van der Waals surface area (Å²) in [6.07, 6.45) is -0.853. The maximum Gasteiger partial charge on any atom is 0.414 e. The molecule has 0 bridgehead atoms. The van der Waals surface area contributed by atoms with Crippen molar-refractivity contribution in [2.24, 2.45) is 0 Å². The molecular formula is C23H31N3O7S. The van der Waals surface area contributed by atoms with E-state index >= 15 is 0 Å². The second kappa shape index (κ2) is 13.8. The number of imide groups is 1. The number of benzene rings is 1. The molecule has 0 aliphatic heterocycles. The van der Waals surface area contributed by atoms with Crippen LogP contribution in [0.15, 0.2) is 29.6 Å². The number of ether oxygens (including phenoxy) is 4. The zero-order chi connectivity index (χ0) is 25.0. The fraction of sp³-hybridized carbons (Fsp3) is 0.478. The minimum atomic E-state index is -0.853. The molecule has 10 nitrogen and oxygen atoms in total. The van der Waals surface area contributed by atoms with Crippen LogP contribution >= 0.6 is 11.3 Å². The van der Waals surface area contributed by atoms with Gasteiger partial charge in [-0.2, -0.15) is 0 Å². The number of thiazole rings is 1. The van der Waals surface area contributed by atoms with E-state index in [1.807, 2.05) is 20.8 Å². The molecule has 1 aromatic heterocycles. The van der Waals surface area contributed by atoms with Crippen LogP contribution < -0.4 is 10.6 Å². The first kappa shape index (κ1) is 27.4. The molecular weight excluding hydrogens is 462 g/mol. The Morgan fingerprint density at radius 2 is 1.76 bits per heavy atom. The number of carbonyl (C=O) groups excluding carboxylic acids is 3. The number of rotatable bonds is 12. The van der Waals surface area contributed by atoms with Crippen LogP contribution in [0.25, 0.3) is 10.6 Å². The average Bonchev–Trinajstić information content (AvgIpc) is 3.28. The normalized spacial score (nSPS) is 11.2. The number of hydrogen-bond donors (Lipinski definition) is 2. The molecule has 0 atom stereocenters. The largest absolute Gasteiger partial charge is 0.461 e. The number of carbonyl (C=O) groups is 3. The van der Waals surface area contributed by atoms with E-state index in [1.54, 1.807) is 36.6 Å². The van der Waals surface area contributed by atoms with Crippen molar-refractivity contribution in [1.29, 1.82) is 0 Å². The van der Waals surface area contributed by atoms with E-state index in [4.69, 9.17) is 18.9 Å². The molecule has 2 rings (SSSR count). The van der Waals surface area contributed by atoms with Crippen LogP contribution in [0.1, 0.15) is 48.5 Å². The molecule has 186 valence electrons. The van der Waals surface area contributed by atoms with Crippen molar-refractivity contribution in [3.05, 3.63) is 40.9 Å². The van der Waals surface area contributed by atoms with E-state index in [9.17, 15) is 14.4 Å². The summed E-state index contributed by atoms with van der Waals surface area (Å²) >= 11 is 1.29. The fourth-order valence-corrected chi connectivity index (χ4v) is 3.25. The van der Waals surface area contributed by atoms with Crippen LogP contribution in [0.2, 0.25) is 0 Å². The third-order valence-electron chi connectivity index (χ3n) is 4.09. The van der Waals surface area contributed by atoms with Crippen LogP contribution in [0.4, 0.5) is 4.79 Å². The molecule has 1 aromatic carbocycles. The molecule has 0 unspecified atom stereocenters. The molecule has 0 fully saturated rings. The number of nitrogens with zero attached hydrogens (tertiary/aromatic N) is 1. The van der Waals surface area contributed by atoms with Gasteiger partial charge in [0.05, 0.1) is 32.2 Å². The summed E-state index contributed by atoms with van der Waals surface area (Å²) in [5.74, 6) is -1.07. The quantitative estimate of drug-likeness (QED) is 0.260. The molecule has 2 amide bonds. The second-order valence-electron chi connectivity index (χ2n) is 7.94. The van der Waals surface area contributed by atoms with Crippen molar-refractivity contribution in [3.8, 4) is 10.6 Å². The molecule has 0 saturated carbocycles. The van der Waals surface area contributed by atoms with E-state index in [1.165, 1.54) is 11.3 Å². The monoisotopic (exact) mass is 493 g/mol. The molecule has 11 heteroatoms. The Hall–Kier alpha value is -2.86. The van der Waals surface area contributed by atoms with Gasteiger partial charge < -0.3 is 18.9 Å². The van der Waals surface area contributed by atoms with Gasteiger partial charge in [0.25, 0.3) is 5.91 Å². The summed E-state index contributed by atoms with van der Waals surface area (Å²) in [7, 11) is 0. The first-order valence-electron chi connectivity index (χ1n) is 10.8. The predicted octanol–water partition coefficient (Wildman–Crippen LogP) is 3.23. The third kappa shape index (κ3) is 9.96. The van der Waals surface area contributed by atoms with Crippen molar-refractivity contribution in [1.82, 2.24) is 15.6 Å². The van der Waals surface area contributed by atoms with Crippen molar-refractivity contribution in [2.75, 3.05) is 39.7 Å². The van der Waals surface area contributed by atoms with Crippen LogP contribution in [-0.4, -0.2) is 68.3 Å². The minimum absolute atomic E-state index is 0.0173. The van der Waals surface area contributed by atoms with Crippen LogP contribution in [0.5, 0.6) is 0 Å². The number of esters is 1. The van der Waals surface area contributed by atoms with E-state index in [0.29, 0.717) is 24.9 Å². The smallest absolute Gasteiger partial charge is 0.414 e. The van der Waals surface area contributed by atoms with Crippen molar-refractivity contribution >= 4 is 29.3 Å². The van der Waals surface area contributed by atoms with Gasteiger partial charge in [-0.1, -0.05) is 12.1 Å².